The molecular formula is C15H18FNS. The fraction of sp³-hybridized carbons (Fsp3) is 0.400. The second kappa shape index (κ2) is 5.19. The lowest BCUT2D eigenvalue weighted by molar-refractivity contribution is 0.627. The molecule has 0 saturated heterocycles. The maximum absolute atomic E-state index is 13.4. The average molecular weight is 263 g/mol. The Labute approximate surface area is 112 Å². The van der Waals surface area contributed by atoms with Gasteiger partial charge in [0.25, 0.3) is 0 Å². The Hall–Kier alpha value is -1.22. The Balaban J connectivity index is 2.51. The molecule has 0 bridgehead atoms. The highest BCUT2D eigenvalue weighted by atomic mass is 32.1. The number of hydrogen-bond donors (Lipinski definition) is 0. The quantitative estimate of drug-likeness (QED) is 0.742. The highest BCUT2D eigenvalue weighted by Gasteiger charge is 2.13. The zero-order valence-electron chi connectivity index (χ0n) is 11.2. The van der Waals surface area contributed by atoms with Crippen molar-refractivity contribution in [1.29, 1.82) is 0 Å². The summed E-state index contributed by atoms with van der Waals surface area (Å²) in [5, 5.41) is 3.12. The van der Waals surface area contributed by atoms with Crippen molar-refractivity contribution in [1.82, 2.24) is 4.98 Å². The van der Waals surface area contributed by atoms with E-state index in [0.717, 1.165) is 21.8 Å². The molecule has 0 unspecified atom stereocenters. The van der Waals surface area contributed by atoms with Crippen molar-refractivity contribution in [3.8, 4) is 11.3 Å². The van der Waals surface area contributed by atoms with E-state index >= 15 is 0 Å². The van der Waals surface area contributed by atoms with Crippen molar-refractivity contribution in [3.05, 3.63) is 40.0 Å². The molecule has 3 heteroatoms. The Kier molecular flexibility index (Phi) is 3.81. The average Bonchev–Trinajstić information content (AvgIpc) is 2.77. The van der Waals surface area contributed by atoms with Crippen molar-refractivity contribution in [2.75, 3.05) is 0 Å². The summed E-state index contributed by atoms with van der Waals surface area (Å²) in [7, 11) is 0. The topological polar surface area (TPSA) is 12.9 Å². The molecule has 0 aliphatic heterocycles. The maximum atomic E-state index is 13.4. The van der Waals surface area contributed by atoms with Gasteiger partial charge in [-0.15, -0.1) is 11.3 Å². The lowest BCUT2D eigenvalue weighted by atomic mass is 9.95. The minimum atomic E-state index is -0.200. The Morgan fingerprint density at radius 3 is 2.39 bits per heavy atom. The first-order valence-electron chi connectivity index (χ1n) is 6.24. The Morgan fingerprint density at radius 1 is 1.11 bits per heavy atom. The van der Waals surface area contributed by atoms with E-state index in [1.807, 2.05) is 11.4 Å². The lowest BCUT2D eigenvalue weighted by Crippen LogP contribution is -1.94. The van der Waals surface area contributed by atoms with Gasteiger partial charge < -0.3 is 0 Å². The Morgan fingerprint density at radius 2 is 1.83 bits per heavy atom. The molecule has 0 fully saturated rings. The van der Waals surface area contributed by atoms with Crippen LogP contribution in [0.5, 0.6) is 0 Å². The van der Waals surface area contributed by atoms with E-state index in [4.69, 9.17) is 0 Å². The van der Waals surface area contributed by atoms with Crippen LogP contribution in [0, 0.1) is 5.82 Å². The highest BCUT2D eigenvalue weighted by molar-refractivity contribution is 7.10. The molecular weight excluding hydrogens is 245 g/mol. The van der Waals surface area contributed by atoms with Crippen LogP contribution in [-0.2, 0) is 0 Å². The highest BCUT2D eigenvalue weighted by Crippen LogP contribution is 2.32. The maximum Gasteiger partial charge on any atom is 0.123 e. The normalized spacial score (nSPS) is 11.5. The SMILES string of the molecule is CC(C)c1nc(-c2cc(F)ccc2C(C)C)cs1. The number of aromatic nitrogens is 1. The van der Waals surface area contributed by atoms with Gasteiger partial charge in [-0.2, -0.15) is 0 Å². The molecule has 0 amide bonds. The molecule has 0 atom stereocenters. The van der Waals surface area contributed by atoms with Crippen LogP contribution in [0.25, 0.3) is 11.3 Å². The van der Waals surface area contributed by atoms with Crippen molar-refractivity contribution >= 4 is 11.3 Å². The minimum Gasteiger partial charge on any atom is -0.241 e. The molecule has 1 heterocycles. The van der Waals surface area contributed by atoms with Gasteiger partial charge in [0.1, 0.15) is 5.82 Å². The van der Waals surface area contributed by atoms with Crippen LogP contribution in [0.15, 0.2) is 23.6 Å². The van der Waals surface area contributed by atoms with Gasteiger partial charge in [-0.05, 0) is 23.6 Å². The predicted octanol–water partition coefficient (Wildman–Crippen LogP) is 5.20. The summed E-state index contributed by atoms with van der Waals surface area (Å²) >= 11 is 1.65. The van der Waals surface area contributed by atoms with E-state index in [1.54, 1.807) is 17.4 Å². The van der Waals surface area contributed by atoms with Crippen LogP contribution in [0.3, 0.4) is 0 Å². The van der Waals surface area contributed by atoms with Gasteiger partial charge in [-0.25, -0.2) is 9.37 Å². The van der Waals surface area contributed by atoms with Gasteiger partial charge in [0, 0.05) is 16.9 Å². The number of thiazole rings is 1. The summed E-state index contributed by atoms with van der Waals surface area (Å²) in [4.78, 5) is 4.62. The van der Waals surface area contributed by atoms with E-state index in [1.165, 1.54) is 6.07 Å². The number of rotatable bonds is 3. The minimum absolute atomic E-state index is 0.200. The second-order valence-corrected chi connectivity index (χ2v) is 6.00. The summed E-state index contributed by atoms with van der Waals surface area (Å²) in [5.74, 6) is 0.582. The molecule has 1 nitrogen and oxygen atoms in total. The van der Waals surface area contributed by atoms with Crippen LogP contribution in [-0.4, -0.2) is 4.98 Å². The van der Waals surface area contributed by atoms with E-state index in [0.29, 0.717) is 11.8 Å². The molecule has 0 radical (unpaired) electrons. The standard InChI is InChI=1S/C15H18FNS/c1-9(2)12-6-5-11(16)7-13(12)14-8-18-15(17-14)10(3)4/h5-10H,1-4H3. The van der Waals surface area contributed by atoms with Crippen molar-refractivity contribution in [2.24, 2.45) is 0 Å². The molecule has 0 saturated carbocycles. The van der Waals surface area contributed by atoms with E-state index < -0.39 is 0 Å². The van der Waals surface area contributed by atoms with Gasteiger partial charge in [0.05, 0.1) is 10.7 Å². The van der Waals surface area contributed by atoms with Crippen molar-refractivity contribution < 1.29 is 4.39 Å². The molecule has 0 aliphatic rings. The van der Waals surface area contributed by atoms with Crippen LogP contribution in [0.1, 0.15) is 50.1 Å². The molecule has 0 aliphatic carbocycles. The number of hydrogen-bond acceptors (Lipinski definition) is 2. The molecule has 1 aromatic carbocycles. The van der Waals surface area contributed by atoms with Gasteiger partial charge in [-0.3, -0.25) is 0 Å². The third kappa shape index (κ3) is 2.61. The lowest BCUT2D eigenvalue weighted by Gasteiger charge is -2.11. The predicted molar refractivity (Wildman–Crippen MR) is 75.7 cm³/mol. The van der Waals surface area contributed by atoms with Crippen LogP contribution in [0.4, 0.5) is 4.39 Å². The molecule has 1 aromatic heterocycles. The molecule has 2 aromatic rings. The van der Waals surface area contributed by atoms with Crippen molar-refractivity contribution in [2.45, 2.75) is 39.5 Å². The molecule has 96 valence electrons. The smallest absolute Gasteiger partial charge is 0.123 e. The third-order valence-electron chi connectivity index (χ3n) is 2.93. The summed E-state index contributed by atoms with van der Waals surface area (Å²) in [6.45, 7) is 8.48. The van der Waals surface area contributed by atoms with Gasteiger partial charge in [0.15, 0.2) is 0 Å². The van der Waals surface area contributed by atoms with Crippen LogP contribution < -0.4 is 0 Å². The molecule has 0 spiro atoms. The van der Waals surface area contributed by atoms with Gasteiger partial charge >= 0.3 is 0 Å². The second-order valence-electron chi connectivity index (χ2n) is 5.11. The molecule has 2 rings (SSSR count). The first kappa shape index (κ1) is 13.2. The summed E-state index contributed by atoms with van der Waals surface area (Å²) < 4.78 is 13.4. The summed E-state index contributed by atoms with van der Waals surface area (Å²) in [6, 6.07) is 4.98. The van der Waals surface area contributed by atoms with Gasteiger partial charge in [0.2, 0.25) is 0 Å². The van der Waals surface area contributed by atoms with E-state index in [-0.39, 0.29) is 5.82 Å². The first-order chi connectivity index (χ1) is 8.49. The Bertz CT molecular complexity index is 543. The van der Waals surface area contributed by atoms with E-state index in [9.17, 15) is 4.39 Å². The fourth-order valence-corrected chi connectivity index (χ4v) is 2.77. The van der Waals surface area contributed by atoms with Gasteiger partial charge in [-0.1, -0.05) is 33.8 Å². The number of halogens is 1. The number of nitrogens with zero attached hydrogens (tertiary/aromatic N) is 1. The monoisotopic (exact) mass is 263 g/mol. The zero-order chi connectivity index (χ0) is 13.3. The van der Waals surface area contributed by atoms with E-state index in [2.05, 4.69) is 32.7 Å². The zero-order valence-corrected chi connectivity index (χ0v) is 12.0. The van der Waals surface area contributed by atoms with Crippen LogP contribution in [0.2, 0.25) is 0 Å². The fourth-order valence-electron chi connectivity index (χ4n) is 1.93. The van der Waals surface area contributed by atoms with Crippen molar-refractivity contribution in [3.63, 3.8) is 0 Å². The summed E-state index contributed by atoms with van der Waals surface area (Å²) in [6.07, 6.45) is 0. The third-order valence-corrected chi connectivity index (χ3v) is 4.07. The first-order valence-corrected chi connectivity index (χ1v) is 7.12. The largest absolute Gasteiger partial charge is 0.241 e. The van der Waals surface area contributed by atoms with Crippen LogP contribution >= 0.6 is 11.3 Å². The molecule has 18 heavy (non-hydrogen) atoms. The molecule has 0 N–H and O–H groups in total. The number of benzene rings is 1. The summed E-state index contributed by atoms with van der Waals surface area (Å²) in [5.41, 5.74) is 2.97.